The molecule has 0 radical (unpaired) electrons. The van der Waals surface area contributed by atoms with Gasteiger partial charge in [0, 0.05) is 23.6 Å². The summed E-state index contributed by atoms with van der Waals surface area (Å²) in [4.78, 5) is 2.52. The first-order valence-electron chi connectivity index (χ1n) is 5.98. The third kappa shape index (κ3) is 4.26. The van der Waals surface area contributed by atoms with E-state index < -0.39 is 0 Å². The highest BCUT2D eigenvalue weighted by molar-refractivity contribution is 9.10. The molecule has 0 saturated carbocycles. The van der Waals surface area contributed by atoms with Gasteiger partial charge < -0.3 is 0 Å². The van der Waals surface area contributed by atoms with Gasteiger partial charge in [-0.3, -0.25) is 4.90 Å². The first kappa shape index (κ1) is 13.7. The van der Waals surface area contributed by atoms with Gasteiger partial charge in [-0.2, -0.15) is 0 Å². The predicted molar refractivity (Wildman–Crippen MR) is 74.5 cm³/mol. The smallest absolute Gasteiger partial charge is 0.0247 e. The van der Waals surface area contributed by atoms with Crippen LogP contribution in [0, 0.1) is 5.92 Å². The van der Waals surface area contributed by atoms with Gasteiger partial charge in [0.05, 0.1) is 0 Å². The lowest BCUT2D eigenvalue weighted by Crippen LogP contribution is -2.33. The normalized spacial score (nSPS) is 11.8. The fourth-order valence-corrected chi connectivity index (χ4v) is 2.18. The Hall–Kier alpha value is -0.340. The topological polar surface area (TPSA) is 3.24 Å². The lowest BCUT2D eigenvalue weighted by Gasteiger charge is -2.28. The van der Waals surface area contributed by atoms with Crippen LogP contribution in [0.3, 0.4) is 0 Å². The lowest BCUT2D eigenvalue weighted by molar-refractivity contribution is 0.189. The van der Waals surface area contributed by atoms with Gasteiger partial charge in [0.1, 0.15) is 0 Å². The zero-order chi connectivity index (χ0) is 12.1. The van der Waals surface area contributed by atoms with E-state index in [1.807, 2.05) is 0 Å². The SMILES string of the molecule is CC(C)CN(Cc1ccccc1Br)C(C)C. The van der Waals surface area contributed by atoms with Crippen molar-refractivity contribution in [1.29, 1.82) is 0 Å². The molecule has 1 aromatic rings. The highest BCUT2D eigenvalue weighted by Gasteiger charge is 2.12. The van der Waals surface area contributed by atoms with E-state index in [0.717, 1.165) is 13.1 Å². The molecule has 0 aromatic heterocycles. The molecule has 0 heterocycles. The summed E-state index contributed by atoms with van der Waals surface area (Å²) < 4.78 is 1.21. The number of nitrogens with zero attached hydrogens (tertiary/aromatic N) is 1. The van der Waals surface area contributed by atoms with Crippen molar-refractivity contribution in [2.24, 2.45) is 5.92 Å². The molecule has 1 aromatic carbocycles. The third-order valence-corrected chi connectivity index (χ3v) is 3.43. The van der Waals surface area contributed by atoms with Crippen LogP contribution in [0.15, 0.2) is 28.7 Å². The standard InChI is InChI=1S/C14H22BrN/c1-11(2)9-16(12(3)4)10-13-7-5-6-8-14(13)15/h5-8,11-12H,9-10H2,1-4H3. The molecule has 0 aliphatic rings. The van der Waals surface area contributed by atoms with Crippen LogP contribution in [-0.4, -0.2) is 17.5 Å². The van der Waals surface area contributed by atoms with Crippen molar-refractivity contribution in [2.45, 2.75) is 40.3 Å². The molecule has 0 amide bonds. The maximum atomic E-state index is 3.61. The summed E-state index contributed by atoms with van der Waals surface area (Å²) in [5.41, 5.74) is 1.37. The Kier molecular flexibility index (Phi) is 5.50. The number of rotatable bonds is 5. The zero-order valence-electron chi connectivity index (χ0n) is 10.7. The largest absolute Gasteiger partial charge is 0.296 e. The molecule has 2 heteroatoms. The monoisotopic (exact) mass is 283 g/mol. The predicted octanol–water partition coefficient (Wildman–Crippen LogP) is 4.32. The summed E-state index contributed by atoms with van der Waals surface area (Å²) in [5.74, 6) is 0.713. The fourth-order valence-electron chi connectivity index (χ4n) is 1.77. The molecule has 0 spiro atoms. The average Bonchev–Trinajstić information content (AvgIpc) is 2.19. The quantitative estimate of drug-likeness (QED) is 0.778. The molecule has 90 valence electrons. The minimum Gasteiger partial charge on any atom is -0.296 e. The van der Waals surface area contributed by atoms with Crippen molar-refractivity contribution < 1.29 is 0 Å². The Labute approximate surface area is 108 Å². The summed E-state index contributed by atoms with van der Waals surface area (Å²) in [6.07, 6.45) is 0. The van der Waals surface area contributed by atoms with Crippen LogP contribution in [0.1, 0.15) is 33.3 Å². The first-order chi connectivity index (χ1) is 7.50. The Morgan fingerprint density at radius 3 is 2.25 bits per heavy atom. The number of benzene rings is 1. The summed E-state index contributed by atoms with van der Waals surface area (Å²) in [7, 11) is 0. The zero-order valence-corrected chi connectivity index (χ0v) is 12.3. The summed E-state index contributed by atoms with van der Waals surface area (Å²) in [6.45, 7) is 11.2. The molecular formula is C14H22BrN. The van der Waals surface area contributed by atoms with Crippen LogP contribution in [0.25, 0.3) is 0 Å². The molecule has 0 aliphatic carbocycles. The lowest BCUT2D eigenvalue weighted by atomic mass is 10.1. The van der Waals surface area contributed by atoms with E-state index in [1.165, 1.54) is 10.0 Å². The molecule has 0 bridgehead atoms. The summed E-state index contributed by atoms with van der Waals surface area (Å²) >= 11 is 3.61. The van der Waals surface area contributed by atoms with Crippen molar-refractivity contribution in [2.75, 3.05) is 6.54 Å². The van der Waals surface area contributed by atoms with Crippen LogP contribution < -0.4 is 0 Å². The van der Waals surface area contributed by atoms with E-state index in [-0.39, 0.29) is 0 Å². The number of hydrogen-bond donors (Lipinski definition) is 0. The number of halogens is 1. The summed E-state index contributed by atoms with van der Waals surface area (Å²) in [5, 5.41) is 0. The second-order valence-electron chi connectivity index (χ2n) is 5.01. The third-order valence-electron chi connectivity index (χ3n) is 2.66. The molecular weight excluding hydrogens is 262 g/mol. The Morgan fingerprint density at radius 2 is 1.75 bits per heavy atom. The van der Waals surface area contributed by atoms with E-state index in [1.54, 1.807) is 0 Å². The highest BCUT2D eigenvalue weighted by atomic mass is 79.9. The van der Waals surface area contributed by atoms with Crippen LogP contribution in [0.2, 0.25) is 0 Å². The minimum atomic E-state index is 0.592. The van der Waals surface area contributed by atoms with Gasteiger partial charge >= 0.3 is 0 Å². The molecule has 0 N–H and O–H groups in total. The maximum absolute atomic E-state index is 3.61. The van der Waals surface area contributed by atoms with Crippen molar-refractivity contribution in [1.82, 2.24) is 4.90 Å². The van der Waals surface area contributed by atoms with E-state index in [0.29, 0.717) is 12.0 Å². The first-order valence-corrected chi connectivity index (χ1v) is 6.77. The second kappa shape index (κ2) is 6.41. The van der Waals surface area contributed by atoms with Gasteiger partial charge in [0.15, 0.2) is 0 Å². The Bertz CT molecular complexity index is 320. The Balaban J connectivity index is 2.72. The molecule has 1 nitrogen and oxygen atoms in total. The molecule has 0 saturated heterocycles. The molecule has 0 fully saturated rings. The van der Waals surface area contributed by atoms with Crippen LogP contribution >= 0.6 is 15.9 Å². The molecule has 0 unspecified atom stereocenters. The Morgan fingerprint density at radius 1 is 1.12 bits per heavy atom. The van der Waals surface area contributed by atoms with Crippen LogP contribution in [-0.2, 0) is 6.54 Å². The van der Waals surface area contributed by atoms with Gasteiger partial charge in [-0.1, -0.05) is 48.0 Å². The van der Waals surface area contributed by atoms with Gasteiger partial charge in [-0.05, 0) is 31.4 Å². The van der Waals surface area contributed by atoms with E-state index in [2.05, 4.69) is 72.8 Å². The van der Waals surface area contributed by atoms with Crippen molar-refractivity contribution in [3.8, 4) is 0 Å². The van der Waals surface area contributed by atoms with Gasteiger partial charge in [-0.15, -0.1) is 0 Å². The fraction of sp³-hybridized carbons (Fsp3) is 0.571. The van der Waals surface area contributed by atoms with E-state index >= 15 is 0 Å². The maximum Gasteiger partial charge on any atom is 0.0247 e. The minimum absolute atomic E-state index is 0.592. The van der Waals surface area contributed by atoms with E-state index in [9.17, 15) is 0 Å². The molecule has 0 aliphatic heterocycles. The van der Waals surface area contributed by atoms with Crippen LogP contribution in [0.5, 0.6) is 0 Å². The number of hydrogen-bond acceptors (Lipinski definition) is 1. The van der Waals surface area contributed by atoms with Crippen molar-refractivity contribution in [3.05, 3.63) is 34.3 Å². The molecule has 0 atom stereocenters. The van der Waals surface area contributed by atoms with E-state index in [4.69, 9.17) is 0 Å². The molecule has 16 heavy (non-hydrogen) atoms. The highest BCUT2D eigenvalue weighted by Crippen LogP contribution is 2.19. The van der Waals surface area contributed by atoms with Gasteiger partial charge in [0.25, 0.3) is 0 Å². The summed E-state index contributed by atoms with van der Waals surface area (Å²) in [6, 6.07) is 9.07. The second-order valence-corrected chi connectivity index (χ2v) is 5.86. The van der Waals surface area contributed by atoms with Gasteiger partial charge in [-0.25, -0.2) is 0 Å². The van der Waals surface area contributed by atoms with Crippen molar-refractivity contribution in [3.63, 3.8) is 0 Å². The van der Waals surface area contributed by atoms with Crippen molar-refractivity contribution >= 4 is 15.9 Å². The average molecular weight is 284 g/mol. The van der Waals surface area contributed by atoms with Gasteiger partial charge in [0.2, 0.25) is 0 Å². The molecule has 1 rings (SSSR count). The van der Waals surface area contributed by atoms with Crippen LogP contribution in [0.4, 0.5) is 0 Å².